The Labute approximate surface area is 146 Å². The topological polar surface area (TPSA) is 84.9 Å². The molecule has 0 saturated heterocycles. The molecule has 132 valence electrons. The van der Waals surface area contributed by atoms with Crippen molar-refractivity contribution in [2.75, 3.05) is 23.0 Å². The van der Waals surface area contributed by atoms with Gasteiger partial charge in [-0.1, -0.05) is 0 Å². The molecule has 2 aromatic rings. The number of amides is 1. The summed E-state index contributed by atoms with van der Waals surface area (Å²) in [5.41, 5.74) is 1.04. The zero-order valence-electron chi connectivity index (χ0n) is 13.9. The fourth-order valence-electron chi connectivity index (χ4n) is 2.57. The summed E-state index contributed by atoms with van der Waals surface area (Å²) >= 11 is 0. The maximum atomic E-state index is 13.0. The van der Waals surface area contributed by atoms with Gasteiger partial charge in [-0.2, -0.15) is 0 Å². The first-order valence-electron chi connectivity index (χ1n) is 7.72. The zero-order valence-corrected chi connectivity index (χ0v) is 14.7. The number of benzene rings is 2. The molecular weight excluding hydrogens is 344 g/mol. The van der Waals surface area contributed by atoms with Crippen LogP contribution in [0.3, 0.4) is 0 Å². The Morgan fingerprint density at radius 2 is 1.80 bits per heavy atom. The Kier molecular flexibility index (Phi) is 4.54. The lowest BCUT2D eigenvalue weighted by atomic mass is 10.3. The van der Waals surface area contributed by atoms with Gasteiger partial charge in [0.25, 0.3) is 10.0 Å². The van der Waals surface area contributed by atoms with E-state index in [1.807, 2.05) is 0 Å². The minimum absolute atomic E-state index is 0.127. The lowest BCUT2D eigenvalue weighted by Crippen LogP contribution is -2.30. The van der Waals surface area contributed by atoms with Crippen molar-refractivity contribution in [3.63, 3.8) is 0 Å². The Bertz CT molecular complexity index is 894. The number of ether oxygens (including phenoxy) is 2. The summed E-state index contributed by atoms with van der Waals surface area (Å²) in [4.78, 5) is 11.2. The fourth-order valence-corrected chi connectivity index (χ4v) is 4.04. The highest BCUT2D eigenvalue weighted by Crippen LogP contribution is 2.36. The normalized spacial score (nSPS) is 12.7. The van der Waals surface area contributed by atoms with Crippen LogP contribution in [0.25, 0.3) is 0 Å². The van der Waals surface area contributed by atoms with Crippen LogP contribution in [0.1, 0.15) is 13.8 Å². The molecule has 8 heteroatoms. The van der Waals surface area contributed by atoms with Crippen LogP contribution < -0.4 is 19.1 Å². The predicted octanol–water partition coefficient (Wildman–Crippen LogP) is 2.59. The zero-order chi connectivity index (χ0) is 18.0. The van der Waals surface area contributed by atoms with Crippen molar-refractivity contribution in [3.8, 4) is 11.5 Å². The Balaban J connectivity index is 1.92. The van der Waals surface area contributed by atoms with Gasteiger partial charge in [0.05, 0.1) is 10.6 Å². The van der Waals surface area contributed by atoms with Crippen LogP contribution in [-0.4, -0.2) is 27.7 Å². The monoisotopic (exact) mass is 362 g/mol. The number of nitrogens with one attached hydrogen (secondary N) is 1. The van der Waals surface area contributed by atoms with Gasteiger partial charge in [0, 0.05) is 25.2 Å². The lowest BCUT2D eigenvalue weighted by Gasteiger charge is -2.23. The summed E-state index contributed by atoms with van der Waals surface area (Å²) in [6.07, 6.45) is 0. The van der Waals surface area contributed by atoms with Gasteiger partial charge in [0.15, 0.2) is 11.5 Å². The summed E-state index contributed by atoms with van der Waals surface area (Å²) in [6, 6.07) is 11.1. The molecule has 0 unspecified atom stereocenters. The molecular formula is C17H18N2O5S. The van der Waals surface area contributed by atoms with Crippen LogP contribution in [0.2, 0.25) is 0 Å². The van der Waals surface area contributed by atoms with Crippen molar-refractivity contribution >= 4 is 27.3 Å². The largest absolute Gasteiger partial charge is 0.454 e. The van der Waals surface area contributed by atoms with Gasteiger partial charge in [0.1, 0.15) is 0 Å². The first-order valence-corrected chi connectivity index (χ1v) is 9.16. The Morgan fingerprint density at radius 1 is 1.12 bits per heavy atom. The van der Waals surface area contributed by atoms with Crippen molar-refractivity contribution in [2.24, 2.45) is 0 Å². The molecule has 2 aromatic carbocycles. The van der Waals surface area contributed by atoms with Crippen LogP contribution in [-0.2, 0) is 14.8 Å². The highest BCUT2D eigenvalue weighted by Gasteiger charge is 2.25. The van der Waals surface area contributed by atoms with Crippen LogP contribution in [0, 0.1) is 0 Å². The van der Waals surface area contributed by atoms with E-state index < -0.39 is 10.0 Å². The third-order valence-corrected chi connectivity index (χ3v) is 5.61. The summed E-state index contributed by atoms with van der Waals surface area (Å²) in [7, 11) is -3.74. The highest BCUT2D eigenvalue weighted by atomic mass is 32.2. The summed E-state index contributed by atoms with van der Waals surface area (Å²) in [5, 5.41) is 2.61. The third-order valence-electron chi connectivity index (χ3n) is 3.69. The summed E-state index contributed by atoms with van der Waals surface area (Å²) in [6.45, 7) is 3.54. The number of fused-ring (bicyclic) bond motifs is 1. The van der Waals surface area contributed by atoms with Gasteiger partial charge in [-0.25, -0.2) is 8.42 Å². The molecule has 25 heavy (non-hydrogen) atoms. The van der Waals surface area contributed by atoms with E-state index in [2.05, 4.69) is 5.32 Å². The second-order valence-electron chi connectivity index (χ2n) is 5.41. The van der Waals surface area contributed by atoms with E-state index in [1.165, 1.54) is 23.4 Å². The molecule has 1 N–H and O–H groups in total. The lowest BCUT2D eigenvalue weighted by molar-refractivity contribution is -0.114. The first kappa shape index (κ1) is 17.1. The molecule has 0 atom stereocenters. The van der Waals surface area contributed by atoms with E-state index in [9.17, 15) is 13.2 Å². The summed E-state index contributed by atoms with van der Waals surface area (Å²) in [5.74, 6) is 0.898. The molecule has 1 amide bonds. The minimum Gasteiger partial charge on any atom is -0.454 e. The van der Waals surface area contributed by atoms with Gasteiger partial charge < -0.3 is 14.8 Å². The number of hydrogen-bond donors (Lipinski definition) is 1. The predicted molar refractivity (Wildman–Crippen MR) is 93.5 cm³/mol. The van der Waals surface area contributed by atoms with E-state index in [0.29, 0.717) is 22.9 Å². The van der Waals surface area contributed by atoms with E-state index in [4.69, 9.17) is 9.47 Å². The molecule has 7 nitrogen and oxygen atoms in total. The van der Waals surface area contributed by atoms with Crippen LogP contribution in [0.5, 0.6) is 11.5 Å². The average molecular weight is 362 g/mol. The SMILES string of the molecule is CCN(c1ccc2c(c1)OCO2)S(=O)(=O)c1ccc(NC(C)=O)cc1. The van der Waals surface area contributed by atoms with E-state index >= 15 is 0 Å². The van der Waals surface area contributed by atoms with Crippen LogP contribution in [0.15, 0.2) is 47.4 Å². The number of anilines is 2. The molecule has 1 heterocycles. The average Bonchev–Trinajstić information content (AvgIpc) is 3.03. The van der Waals surface area contributed by atoms with E-state index in [-0.39, 0.29) is 24.1 Å². The molecule has 1 aliphatic heterocycles. The molecule has 0 saturated carbocycles. The second-order valence-corrected chi connectivity index (χ2v) is 7.28. The first-order chi connectivity index (χ1) is 11.9. The van der Waals surface area contributed by atoms with Crippen molar-refractivity contribution < 1.29 is 22.7 Å². The number of carbonyl (C=O) groups is 1. The van der Waals surface area contributed by atoms with Gasteiger partial charge in [0.2, 0.25) is 12.7 Å². The molecule has 0 spiro atoms. The number of rotatable bonds is 5. The van der Waals surface area contributed by atoms with Gasteiger partial charge in [-0.3, -0.25) is 9.10 Å². The number of nitrogens with zero attached hydrogens (tertiary/aromatic N) is 1. The quantitative estimate of drug-likeness (QED) is 0.884. The maximum absolute atomic E-state index is 13.0. The smallest absolute Gasteiger partial charge is 0.264 e. The maximum Gasteiger partial charge on any atom is 0.264 e. The number of sulfonamides is 1. The molecule has 0 bridgehead atoms. The second kappa shape index (κ2) is 6.64. The van der Waals surface area contributed by atoms with Crippen molar-refractivity contribution in [1.82, 2.24) is 0 Å². The third kappa shape index (κ3) is 3.39. The molecule has 0 aliphatic carbocycles. The Morgan fingerprint density at radius 3 is 2.44 bits per heavy atom. The number of hydrogen-bond acceptors (Lipinski definition) is 5. The van der Waals surface area contributed by atoms with E-state index in [0.717, 1.165) is 0 Å². The molecule has 0 radical (unpaired) electrons. The van der Waals surface area contributed by atoms with Crippen LogP contribution in [0.4, 0.5) is 11.4 Å². The fraction of sp³-hybridized carbons (Fsp3) is 0.235. The molecule has 0 aromatic heterocycles. The molecule has 0 fully saturated rings. The molecule has 3 rings (SSSR count). The van der Waals surface area contributed by atoms with Gasteiger partial charge >= 0.3 is 0 Å². The van der Waals surface area contributed by atoms with Crippen LogP contribution >= 0.6 is 0 Å². The summed E-state index contributed by atoms with van der Waals surface area (Å²) < 4.78 is 37.8. The van der Waals surface area contributed by atoms with Crippen molar-refractivity contribution in [3.05, 3.63) is 42.5 Å². The van der Waals surface area contributed by atoms with Crippen molar-refractivity contribution in [1.29, 1.82) is 0 Å². The number of carbonyl (C=O) groups excluding carboxylic acids is 1. The minimum atomic E-state index is -3.74. The van der Waals surface area contributed by atoms with E-state index in [1.54, 1.807) is 37.3 Å². The van der Waals surface area contributed by atoms with Gasteiger partial charge in [-0.05, 0) is 43.3 Å². The standard InChI is InChI=1S/C17H18N2O5S/c1-3-19(14-6-9-16-17(10-14)24-11-23-16)25(21,22)15-7-4-13(5-8-15)18-12(2)20/h4-10H,3,11H2,1-2H3,(H,18,20). The Hall–Kier alpha value is -2.74. The van der Waals surface area contributed by atoms with Gasteiger partial charge in [-0.15, -0.1) is 0 Å². The van der Waals surface area contributed by atoms with Crippen molar-refractivity contribution in [2.45, 2.75) is 18.7 Å². The molecule has 1 aliphatic rings. The highest BCUT2D eigenvalue weighted by molar-refractivity contribution is 7.92.